The number of carbonyl (C=O) groups excluding carboxylic acids is 1. The monoisotopic (exact) mass is 289 g/mol. The molecule has 0 aliphatic rings. The number of benzene rings is 1. The Labute approximate surface area is 123 Å². The van der Waals surface area contributed by atoms with E-state index in [0.29, 0.717) is 17.2 Å². The van der Waals surface area contributed by atoms with Crippen LogP contribution in [0.2, 0.25) is 0 Å². The van der Waals surface area contributed by atoms with Gasteiger partial charge in [0.2, 0.25) is 0 Å². The minimum absolute atomic E-state index is 0.0544. The Kier molecular flexibility index (Phi) is 4.62. The Hall–Kier alpha value is -2.30. The number of carbonyl (C=O) groups is 1. The molecule has 2 aromatic rings. The highest BCUT2D eigenvalue weighted by atomic mass is 16.5. The maximum atomic E-state index is 11.0. The van der Waals surface area contributed by atoms with Gasteiger partial charge in [-0.05, 0) is 37.4 Å². The number of ether oxygens (including phenoxy) is 3. The SMILES string of the molecule is COc1cc2c(COC(C)=O)nccc2cc1OC(C)C. The van der Waals surface area contributed by atoms with Gasteiger partial charge in [0.15, 0.2) is 11.5 Å². The van der Waals surface area contributed by atoms with Crippen molar-refractivity contribution >= 4 is 16.7 Å². The van der Waals surface area contributed by atoms with Crippen molar-refractivity contribution in [3.8, 4) is 11.5 Å². The van der Waals surface area contributed by atoms with Crippen LogP contribution in [0.15, 0.2) is 24.4 Å². The van der Waals surface area contributed by atoms with Crippen LogP contribution >= 0.6 is 0 Å². The molecule has 0 fully saturated rings. The molecule has 1 heterocycles. The van der Waals surface area contributed by atoms with Crippen molar-refractivity contribution in [2.45, 2.75) is 33.5 Å². The zero-order valence-corrected chi connectivity index (χ0v) is 12.7. The first-order valence-corrected chi connectivity index (χ1v) is 6.77. The average molecular weight is 289 g/mol. The van der Waals surface area contributed by atoms with Crippen LogP contribution in [0.3, 0.4) is 0 Å². The average Bonchev–Trinajstić information content (AvgIpc) is 2.43. The first-order chi connectivity index (χ1) is 10.0. The topological polar surface area (TPSA) is 57.7 Å². The molecule has 112 valence electrons. The summed E-state index contributed by atoms with van der Waals surface area (Å²) in [6.07, 6.45) is 1.74. The molecule has 0 aliphatic heterocycles. The van der Waals surface area contributed by atoms with E-state index in [-0.39, 0.29) is 18.7 Å². The number of aromatic nitrogens is 1. The fourth-order valence-electron chi connectivity index (χ4n) is 2.03. The van der Waals surface area contributed by atoms with Gasteiger partial charge in [-0.3, -0.25) is 9.78 Å². The van der Waals surface area contributed by atoms with Crippen LogP contribution in [0.5, 0.6) is 11.5 Å². The summed E-state index contributed by atoms with van der Waals surface area (Å²) in [5.41, 5.74) is 0.692. The second kappa shape index (κ2) is 6.43. The third-order valence-corrected chi connectivity index (χ3v) is 2.91. The number of pyridine rings is 1. The van der Waals surface area contributed by atoms with E-state index in [1.807, 2.05) is 32.0 Å². The van der Waals surface area contributed by atoms with Gasteiger partial charge in [0.1, 0.15) is 6.61 Å². The van der Waals surface area contributed by atoms with Crippen molar-refractivity contribution in [2.24, 2.45) is 0 Å². The lowest BCUT2D eigenvalue weighted by Gasteiger charge is -2.15. The molecular weight excluding hydrogens is 270 g/mol. The van der Waals surface area contributed by atoms with Gasteiger partial charge in [0.05, 0.1) is 18.9 Å². The molecule has 0 saturated carbocycles. The summed E-state index contributed by atoms with van der Waals surface area (Å²) in [7, 11) is 1.59. The molecule has 5 heteroatoms. The number of nitrogens with zero attached hydrogens (tertiary/aromatic N) is 1. The van der Waals surface area contributed by atoms with Crippen molar-refractivity contribution in [1.82, 2.24) is 4.98 Å². The first-order valence-electron chi connectivity index (χ1n) is 6.77. The number of fused-ring (bicyclic) bond motifs is 1. The van der Waals surface area contributed by atoms with E-state index >= 15 is 0 Å². The molecule has 0 N–H and O–H groups in total. The minimum Gasteiger partial charge on any atom is -0.493 e. The molecule has 2 rings (SSSR count). The van der Waals surface area contributed by atoms with Gasteiger partial charge in [-0.1, -0.05) is 0 Å². The molecule has 0 bridgehead atoms. The van der Waals surface area contributed by atoms with Crippen LogP contribution in [-0.2, 0) is 16.1 Å². The summed E-state index contributed by atoms with van der Waals surface area (Å²) in [5.74, 6) is 0.985. The largest absolute Gasteiger partial charge is 0.493 e. The van der Waals surface area contributed by atoms with E-state index in [1.54, 1.807) is 13.3 Å². The molecule has 1 aromatic carbocycles. The maximum Gasteiger partial charge on any atom is 0.303 e. The van der Waals surface area contributed by atoms with Gasteiger partial charge < -0.3 is 14.2 Å². The van der Waals surface area contributed by atoms with E-state index in [9.17, 15) is 4.79 Å². The van der Waals surface area contributed by atoms with Crippen LogP contribution in [0, 0.1) is 0 Å². The quantitative estimate of drug-likeness (QED) is 0.792. The summed E-state index contributed by atoms with van der Waals surface area (Å²) in [6.45, 7) is 5.44. The molecule has 21 heavy (non-hydrogen) atoms. The summed E-state index contributed by atoms with van der Waals surface area (Å²) in [5, 5.41) is 1.84. The van der Waals surface area contributed by atoms with Crippen molar-refractivity contribution in [2.75, 3.05) is 7.11 Å². The third kappa shape index (κ3) is 3.62. The van der Waals surface area contributed by atoms with Crippen molar-refractivity contribution < 1.29 is 19.0 Å². The van der Waals surface area contributed by atoms with Gasteiger partial charge in [0, 0.05) is 18.5 Å². The van der Waals surface area contributed by atoms with E-state index in [4.69, 9.17) is 14.2 Å². The van der Waals surface area contributed by atoms with Gasteiger partial charge in [-0.15, -0.1) is 0 Å². The fourth-order valence-corrected chi connectivity index (χ4v) is 2.03. The van der Waals surface area contributed by atoms with Gasteiger partial charge in [-0.25, -0.2) is 0 Å². The summed E-state index contributed by atoms with van der Waals surface area (Å²) < 4.78 is 16.2. The molecule has 0 saturated heterocycles. The second-order valence-corrected chi connectivity index (χ2v) is 4.93. The summed E-state index contributed by atoms with van der Waals surface area (Å²) in [4.78, 5) is 15.2. The van der Waals surface area contributed by atoms with E-state index in [2.05, 4.69) is 4.98 Å². The van der Waals surface area contributed by atoms with Crippen LogP contribution in [0.1, 0.15) is 26.5 Å². The molecule has 0 radical (unpaired) electrons. The normalized spacial score (nSPS) is 10.7. The molecule has 5 nitrogen and oxygen atoms in total. The molecule has 0 aliphatic carbocycles. The molecule has 1 aromatic heterocycles. The number of methoxy groups -OCH3 is 1. The number of esters is 1. The highest BCUT2D eigenvalue weighted by Crippen LogP contribution is 2.34. The minimum atomic E-state index is -0.333. The van der Waals surface area contributed by atoms with Crippen LogP contribution in [0.25, 0.3) is 10.8 Å². The van der Waals surface area contributed by atoms with Gasteiger partial charge in [0.25, 0.3) is 0 Å². The van der Waals surface area contributed by atoms with Crippen molar-refractivity contribution in [3.63, 3.8) is 0 Å². The Morgan fingerprint density at radius 3 is 2.67 bits per heavy atom. The lowest BCUT2D eigenvalue weighted by atomic mass is 10.1. The van der Waals surface area contributed by atoms with E-state index in [1.165, 1.54) is 6.92 Å². The number of hydrogen-bond acceptors (Lipinski definition) is 5. The molecule has 0 amide bonds. The Balaban J connectivity index is 2.47. The lowest BCUT2D eigenvalue weighted by Crippen LogP contribution is -2.07. The fraction of sp³-hybridized carbons (Fsp3) is 0.375. The molecule has 0 atom stereocenters. The molecular formula is C16H19NO4. The zero-order chi connectivity index (χ0) is 15.4. The van der Waals surface area contributed by atoms with Crippen LogP contribution in [0.4, 0.5) is 0 Å². The zero-order valence-electron chi connectivity index (χ0n) is 12.7. The number of rotatable bonds is 5. The highest BCUT2D eigenvalue weighted by molar-refractivity contribution is 5.88. The second-order valence-electron chi connectivity index (χ2n) is 4.93. The molecule has 0 spiro atoms. The van der Waals surface area contributed by atoms with Gasteiger partial charge >= 0.3 is 5.97 Å². The number of hydrogen-bond donors (Lipinski definition) is 0. The molecule has 0 unspecified atom stereocenters. The van der Waals surface area contributed by atoms with Gasteiger partial charge in [-0.2, -0.15) is 0 Å². The predicted molar refractivity (Wildman–Crippen MR) is 79.5 cm³/mol. The predicted octanol–water partition coefficient (Wildman–Crippen LogP) is 3.09. The summed E-state index contributed by atoms with van der Waals surface area (Å²) in [6, 6.07) is 5.66. The van der Waals surface area contributed by atoms with E-state index < -0.39 is 0 Å². The lowest BCUT2D eigenvalue weighted by molar-refractivity contribution is -0.142. The maximum absolute atomic E-state index is 11.0. The van der Waals surface area contributed by atoms with Crippen LogP contribution in [-0.4, -0.2) is 24.2 Å². The van der Waals surface area contributed by atoms with Crippen molar-refractivity contribution in [3.05, 3.63) is 30.1 Å². The highest BCUT2D eigenvalue weighted by Gasteiger charge is 2.12. The first kappa shape index (κ1) is 15.1. The Morgan fingerprint density at radius 2 is 2.05 bits per heavy atom. The Morgan fingerprint density at radius 1 is 1.29 bits per heavy atom. The van der Waals surface area contributed by atoms with E-state index in [0.717, 1.165) is 10.8 Å². The standard InChI is InChI=1S/C16H19NO4/c1-10(2)21-16-7-12-5-6-17-14(9-20-11(3)18)13(12)8-15(16)19-4/h5-8,10H,9H2,1-4H3. The third-order valence-electron chi connectivity index (χ3n) is 2.91. The summed E-state index contributed by atoms with van der Waals surface area (Å²) >= 11 is 0. The smallest absolute Gasteiger partial charge is 0.303 e. The Bertz CT molecular complexity index is 652. The van der Waals surface area contributed by atoms with Crippen molar-refractivity contribution in [1.29, 1.82) is 0 Å². The van der Waals surface area contributed by atoms with Crippen LogP contribution < -0.4 is 9.47 Å².